The molecule has 5 nitrogen and oxygen atoms in total. The van der Waals surface area contributed by atoms with E-state index >= 15 is 0 Å². The number of hydrogen-bond donors (Lipinski definition) is 2. The average molecular weight is 348 g/mol. The van der Waals surface area contributed by atoms with Crippen LogP contribution in [0.5, 0.6) is 0 Å². The SMILES string of the molecule is O=C(Cc1[nH]nc2ccccc12)NC1CCN(Cc2ccccc2)CC1. The maximum absolute atomic E-state index is 12.4. The summed E-state index contributed by atoms with van der Waals surface area (Å²) in [6.07, 6.45) is 2.36. The van der Waals surface area contributed by atoms with Crippen LogP contribution in [0, 0.1) is 0 Å². The molecule has 0 saturated carbocycles. The van der Waals surface area contributed by atoms with Gasteiger partial charge in [0.05, 0.1) is 17.6 Å². The lowest BCUT2D eigenvalue weighted by molar-refractivity contribution is -0.121. The molecule has 134 valence electrons. The zero-order valence-electron chi connectivity index (χ0n) is 14.8. The number of piperidine rings is 1. The number of carbonyl (C=O) groups is 1. The Kier molecular flexibility index (Phi) is 4.97. The number of rotatable bonds is 5. The van der Waals surface area contributed by atoms with E-state index in [4.69, 9.17) is 0 Å². The van der Waals surface area contributed by atoms with Crippen LogP contribution in [0.15, 0.2) is 54.6 Å². The topological polar surface area (TPSA) is 61.0 Å². The molecule has 0 bridgehead atoms. The number of para-hydroxylation sites is 1. The van der Waals surface area contributed by atoms with Crippen molar-refractivity contribution in [3.8, 4) is 0 Å². The molecule has 1 amide bonds. The normalized spacial score (nSPS) is 16.0. The molecule has 5 heteroatoms. The van der Waals surface area contributed by atoms with Crippen molar-refractivity contribution < 1.29 is 4.79 Å². The number of hydrogen-bond acceptors (Lipinski definition) is 3. The zero-order chi connectivity index (χ0) is 17.8. The van der Waals surface area contributed by atoms with Crippen LogP contribution in [-0.4, -0.2) is 40.1 Å². The summed E-state index contributed by atoms with van der Waals surface area (Å²) in [5.74, 6) is 0.0703. The van der Waals surface area contributed by atoms with Crippen molar-refractivity contribution in [3.63, 3.8) is 0 Å². The summed E-state index contributed by atoms with van der Waals surface area (Å²) in [4.78, 5) is 14.9. The number of fused-ring (bicyclic) bond motifs is 1. The average Bonchev–Trinajstić information content (AvgIpc) is 3.07. The second kappa shape index (κ2) is 7.70. The number of H-pyrrole nitrogens is 1. The lowest BCUT2D eigenvalue weighted by Crippen LogP contribution is -2.44. The van der Waals surface area contributed by atoms with E-state index in [0.717, 1.165) is 49.1 Å². The monoisotopic (exact) mass is 348 g/mol. The van der Waals surface area contributed by atoms with Gasteiger partial charge in [-0.1, -0.05) is 48.5 Å². The fourth-order valence-electron chi connectivity index (χ4n) is 3.67. The molecule has 1 saturated heterocycles. The summed E-state index contributed by atoms with van der Waals surface area (Å²) in [5, 5.41) is 11.5. The van der Waals surface area contributed by atoms with Crippen molar-refractivity contribution in [2.24, 2.45) is 0 Å². The Morgan fingerprint density at radius 2 is 1.81 bits per heavy atom. The van der Waals surface area contributed by atoms with Crippen molar-refractivity contribution in [2.45, 2.75) is 31.8 Å². The molecule has 1 aromatic heterocycles. The van der Waals surface area contributed by atoms with Gasteiger partial charge >= 0.3 is 0 Å². The molecule has 2 heterocycles. The summed E-state index contributed by atoms with van der Waals surface area (Å²) < 4.78 is 0. The highest BCUT2D eigenvalue weighted by molar-refractivity contribution is 5.87. The van der Waals surface area contributed by atoms with Crippen molar-refractivity contribution in [3.05, 3.63) is 65.9 Å². The first-order valence-corrected chi connectivity index (χ1v) is 9.25. The van der Waals surface area contributed by atoms with Gasteiger partial charge in [0.25, 0.3) is 0 Å². The van der Waals surface area contributed by atoms with Crippen LogP contribution in [0.3, 0.4) is 0 Å². The molecule has 0 radical (unpaired) electrons. The third-order valence-corrected chi connectivity index (χ3v) is 5.08. The fraction of sp³-hybridized carbons (Fsp3) is 0.333. The van der Waals surface area contributed by atoms with E-state index in [1.807, 2.05) is 30.3 Å². The van der Waals surface area contributed by atoms with E-state index in [2.05, 4.69) is 44.7 Å². The van der Waals surface area contributed by atoms with E-state index in [0.29, 0.717) is 6.42 Å². The maximum atomic E-state index is 12.4. The first-order chi connectivity index (χ1) is 12.8. The number of carbonyl (C=O) groups excluding carboxylic acids is 1. The van der Waals surface area contributed by atoms with Gasteiger partial charge in [-0.2, -0.15) is 5.10 Å². The molecule has 0 unspecified atom stereocenters. The molecule has 2 aromatic carbocycles. The van der Waals surface area contributed by atoms with Crippen LogP contribution in [-0.2, 0) is 17.8 Å². The van der Waals surface area contributed by atoms with Crippen molar-refractivity contribution >= 4 is 16.8 Å². The Balaban J connectivity index is 1.27. The van der Waals surface area contributed by atoms with E-state index in [-0.39, 0.29) is 11.9 Å². The largest absolute Gasteiger partial charge is 0.353 e. The van der Waals surface area contributed by atoms with Crippen LogP contribution < -0.4 is 5.32 Å². The molecule has 3 aromatic rings. The van der Waals surface area contributed by atoms with E-state index in [1.54, 1.807) is 0 Å². The van der Waals surface area contributed by atoms with Gasteiger partial charge in [0.1, 0.15) is 0 Å². The van der Waals surface area contributed by atoms with Crippen LogP contribution in [0.4, 0.5) is 0 Å². The lowest BCUT2D eigenvalue weighted by atomic mass is 10.0. The molecule has 1 aliphatic rings. The summed E-state index contributed by atoms with van der Waals surface area (Å²) in [7, 11) is 0. The van der Waals surface area contributed by atoms with Crippen molar-refractivity contribution in [2.75, 3.05) is 13.1 Å². The minimum Gasteiger partial charge on any atom is -0.353 e. The maximum Gasteiger partial charge on any atom is 0.226 e. The minimum absolute atomic E-state index is 0.0703. The van der Waals surface area contributed by atoms with Crippen LogP contribution >= 0.6 is 0 Å². The number of amides is 1. The third kappa shape index (κ3) is 3.94. The molecule has 1 fully saturated rings. The van der Waals surface area contributed by atoms with Gasteiger partial charge in [-0.05, 0) is 24.5 Å². The smallest absolute Gasteiger partial charge is 0.226 e. The predicted octanol–water partition coefficient (Wildman–Crippen LogP) is 2.89. The molecule has 1 aliphatic heterocycles. The highest BCUT2D eigenvalue weighted by Crippen LogP contribution is 2.17. The van der Waals surface area contributed by atoms with E-state index < -0.39 is 0 Å². The quantitative estimate of drug-likeness (QED) is 0.745. The molecular formula is C21H24N4O. The molecule has 0 spiro atoms. The summed E-state index contributed by atoms with van der Waals surface area (Å²) in [6.45, 7) is 3.03. The molecule has 0 atom stereocenters. The predicted molar refractivity (Wildman–Crippen MR) is 103 cm³/mol. The second-order valence-corrected chi connectivity index (χ2v) is 7.00. The van der Waals surface area contributed by atoms with E-state index in [9.17, 15) is 4.79 Å². The van der Waals surface area contributed by atoms with Gasteiger partial charge in [-0.15, -0.1) is 0 Å². The lowest BCUT2D eigenvalue weighted by Gasteiger charge is -2.32. The number of benzene rings is 2. The van der Waals surface area contributed by atoms with Crippen molar-refractivity contribution in [1.82, 2.24) is 20.4 Å². The molecular weight excluding hydrogens is 324 g/mol. The summed E-state index contributed by atoms with van der Waals surface area (Å²) in [6, 6.07) is 18.7. The van der Waals surface area contributed by atoms with Gasteiger partial charge in [0, 0.05) is 31.1 Å². The minimum atomic E-state index is 0.0703. The number of likely N-dealkylation sites (tertiary alicyclic amines) is 1. The molecule has 2 N–H and O–H groups in total. The number of aromatic nitrogens is 2. The van der Waals surface area contributed by atoms with Crippen LogP contribution in [0.1, 0.15) is 24.1 Å². The fourth-order valence-corrected chi connectivity index (χ4v) is 3.67. The van der Waals surface area contributed by atoms with E-state index in [1.165, 1.54) is 5.56 Å². The number of aromatic amines is 1. The Hall–Kier alpha value is -2.66. The Labute approximate surface area is 153 Å². The number of nitrogens with zero attached hydrogens (tertiary/aromatic N) is 2. The third-order valence-electron chi connectivity index (χ3n) is 5.08. The zero-order valence-corrected chi connectivity index (χ0v) is 14.8. The van der Waals surface area contributed by atoms with Gasteiger partial charge in [-0.3, -0.25) is 14.8 Å². The number of nitrogens with one attached hydrogen (secondary N) is 2. The van der Waals surface area contributed by atoms with Crippen LogP contribution in [0.2, 0.25) is 0 Å². The van der Waals surface area contributed by atoms with Gasteiger partial charge < -0.3 is 5.32 Å². The molecule has 4 rings (SSSR count). The van der Waals surface area contributed by atoms with Gasteiger partial charge in [0.2, 0.25) is 5.91 Å². The summed E-state index contributed by atoms with van der Waals surface area (Å²) in [5.41, 5.74) is 3.14. The first kappa shape index (κ1) is 16.8. The molecule has 0 aliphatic carbocycles. The highest BCUT2D eigenvalue weighted by atomic mass is 16.1. The first-order valence-electron chi connectivity index (χ1n) is 9.25. The summed E-state index contributed by atoms with van der Waals surface area (Å²) >= 11 is 0. The highest BCUT2D eigenvalue weighted by Gasteiger charge is 2.21. The van der Waals surface area contributed by atoms with Crippen molar-refractivity contribution in [1.29, 1.82) is 0 Å². The standard InChI is InChI=1S/C21H24N4O/c26-21(14-20-18-8-4-5-9-19(18)23-24-20)22-17-10-12-25(13-11-17)15-16-6-2-1-3-7-16/h1-9,17H,10-15H2,(H,22,26)(H,23,24). The Morgan fingerprint density at radius 3 is 2.62 bits per heavy atom. The Morgan fingerprint density at radius 1 is 1.08 bits per heavy atom. The van der Waals surface area contributed by atoms with Crippen LogP contribution in [0.25, 0.3) is 10.9 Å². The molecule has 26 heavy (non-hydrogen) atoms. The van der Waals surface area contributed by atoms with Gasteiger partial charge in [-0.25, -0.2) is 0 Å². The second-order valence-electron chi connectivity index (χ2n) is 7.00. The Bertz CT molecular complexity index is 866. The van der Waals surface area contributed by atoms with Gasteiger partial charge in [0.15, 0.2) is 0 Å².